The Balaban J connectivity index is 1.75. The van der Waals surface area contributed by atoms with Crippen molar-refractivity contribution in [2.45, 2.75) is 38.5 Å². The smallest absolute Gasteiger partial charge is 0.253 e. The van der Waals surface area contributed by atoms with Gasteiger partial charge in [-0.2, -0.15) is 0 Å². The molecule has 1 aromatic carbocycles. The number of likely N-dealkylation sites (tertiary alicyclic amines) is 1. The van der Waals surface area contributed by atoms with Crippen molar-refractivity contribution >= 4 is 11.6 Å². The number of hydrogen-bond acceptors (Lipinski definition) is 2. The summed E-state index contributed by atoms with van der Waals surface area (Å²) in [6.45, 7) is 2.84. The molecule has 2 heterocycles. The van der Waals surface area contributed by atoms with Crippen LogP contribution in [0.3, 0.4) is 0 Å². The highest BCUT2D eigenvalue weighted by atomic mass is 16.2. The number of fused-ring (bicyclic) bond motifs is 1. The Kier molecular flexibility index (Phi) is 3.72. The van der Waals surface area contributed by atoms with E-state index in [1.807, 2.05) is 17.0 Å². The largest absolute Gasteiger partial charge is 0.384 e. The van der Waals surface area contributed by atoms with E-state index in [9.17, 15) is 4.79 Å². The van der Waals surface area contributed by atoms with E-state index in [1.165, 1.54) is 24.8 Å². The van der Waals surface area contributed by atoms with E-state index in [1.54, 1.807) is 0 Å². The van der Waals surface area contributed by atoms with Crippen LogP contribution >= 0.6 is 0 Å². The van der Waals surface area contributed by atoms with Crippen molar-refractivity contribution in [2.24, 2.45) is 0 Å². The molecule has 102 valence electrons. The van der Waals surface area contributed by atoms with E-state index in [2.05, 4.69) is 11.4 Å². The maximum absolute atomic E-state index is 12.6. The van der Waals surface area contributed by atoms with Gasteiger partial charge in [0.2, 0.25) is 0 Å². The Morgan fingerprint density at radius 2 is 1.79 bits per heavy atom. The highest BCUT2D eigenvalue weighted by Crippen LogP contribution is 2.24. The maximum atomic E-state index is 12.6. The zero-order valence-electron chi connectivity index (χ0n) is 11.5. The molecule has 1 amide bonds. The summed E-state index contributed by atoms with van der Waals surface area (Å²) in [5, 5.41) is 3.35. The Morgan fingerprint density at radius 3 is 2.58 bits per heavy atom. The van der Waals surface area contributed by atoms with Gasteiger partial charge in [0.25, 0.3) is 5.91 Å². The highest BCUT2D eigenvalue weighted by molar-refractivity contribution is 5.95. The first kappa shape index (κ1) is 12.5. The molecule has 0 spiro atoms. The average Bonchev–Trinajstić information content (AvgIpc) is 2.84. The summed E-state index contributed by atoms with van der Waals surface area (Å²) in [6.07, 6.45) is 7.22. The topological polar surface area (TPSA) is 32.3 Å². The third kappa shape index (κ3) is 2.75. The number of benzene rings is 1. The number of anilines is 1. The van der Waals surface area contributed by atoms with Gasteiger partial charge < -0.3 is 10.2 Å². The van der Waals surface area contributed by atoms with Crippen LogP contribution in [-0.4, -0.2) is 30.4 Å². The Hall–Kier alpha value is -1.51. The molecule has 1 fully saturated rings. The Bertz CT molecular complexity index is 462. The molecule has 1 saturated heterocycles. The third-order valence-corrected chi connectivity index (χ3v) is 4.21. The van der Waals surface area contributed by atoms with Gasteiger partial charge in [0.15, 0.2) is 0 Å². The first-order chi connectivity index (χ1) is 9.34. The second kappa shape index (κ2) is 5.64. The van der Waals surface area contributed by atoms with E-state index in [0.29, 0.717) is 0 Å². The molecule has 0 saturated carbocycles. The van der Waals surface area contributed by atoms with Crippen molar-refractivity contribution in [3.8, 4) is 0 Å². The van der Waals surface area contributed by atoms with Gasteiger partial charge in [-0.15, -0.1) is 0 Å². The molecular weight excluding hydrogens is 236 g/mol. The van der Waals surface area contributed by atoms with Crippen LogP contribution in [0.1, 0.15) is 48.0 Å². The molecule has 3 heteroatoms. The lowest BCUT2D eigenvalue weighted by Gasteiger charge is -2.25. The molecule has 1 N–H and O–H groups in total. The molecule has 3 rings (SSSR count). The van der Waals surface area contributed by atoms with Crippen molar-refractivity contribution in [1.82, 2.24) is 4.90 Å². The van der Waals surface area contributed by atoms with Crippen molar-refractivity contribution < 1.29 is 4.79 Å². The van der Waals surface area contributed by atoms with Crippen LogP contribution in [0.4, 0.5) is 5.69 Å². The van der Waals surface area contributed by atoms with Gasteiger partial charge >= 0.3 is 0 Å². The van der Waals surface area contributed by atoms with Gasteiger partial charge in [0.05, 0.1) is 0 Å². The molecule has 0 unspecified atom stereocenters. The number of rotatable bonds is 1. The van der Waals surface area contributed by atoms with Crippen LogP contribution in [0.2, 0.25) is 0 Å². The third-order valence-electron chi connectivity index (χ3n) is 4.21. The van der Waals surface area contributed by atoms with Gasteiger partial charge in [-0.25, -0.2) is 0 Å². The van der Waals surface area contributed by atoms with E-state index in [4.69, 9.17) is 0 Å². The van der Waals surface area contributed by atoms with E-state index in [-0.39, 0.29) is 5.91 Å². The summed E-state index contributed by atoms with van der Waals surface area (Å²) >= 11 is 0. The minimum atomic E-state index is 0.207. The Labute approximate surface area is 115 Å². The fourth-order valence-corrected chi connectivity index (χ4v) is 3.06. The van der Waals surface area contributed by atoms with Crippen LogP contribution in [0.25, 0.3) is 0 Å². The molecule has 1 aromatic rings. The van der Waals surface area contributed by atoms with Crippen LogP contribution < -0.4 is 5.32 Å². The van der Waals surface area contributed by atoms with Crippen molar-refractivity contribution in [3.63, 3.8) is 0 Å². The number of nitrogens with one attached hydrogen (secondary N) is 1. The van der Waals surface area contributed by atoms with Crippen LogP contribution in [-0.2, 0) is 6.42 Å². The molecular formula is C16H22N2O. The second-order valence-electron chi connectivity index (χ2n) is 5.61. The molecule has 2 aliphatic rings. The zero-order valence-corrected chi connectivity index (χ0v) is 11.5. The lowest BCUT2D eigenvalue weighted by molar-refractivity contribution is 0.0742. The van der Waals surface area contributed by atoms with Gasteiger partial charge in [0.1, 0.15) is 0 Å². The van der Waals surface area contributed by atoms with Crippen molar-refractivity contribution in [1.29, 1.82) is 0 Å². The lowest BCUT2D eigenvalue weighted by Crippen LogP contribution is -2.33. The minimum absolute atomic E-state index is 0.207. The zero-order chi connectivity index (χ0) is 13.1. The number of carbonyl (C=O) groups excluding carboxylic acids is 1. The number of nitrogens with zero attached hydrogens (tertiary/aromatic N) is 1. The summed E-state index contributed by atoms with van der Waals surface area (Å²) in [4.78, 5) is 14.6. The predicted octanol–water partition coefficient (Wildman–Crippen LogP) is 3.06. The molecule has 0 radical (unpaired) electrons. The standard InChI is InChI=1S/C16H22N2O/c19-16(18-10-4-2-1-3-5-11-18)14-7-6-13-8-9-17-15(13)12-14/h6-7,12,17H,1-5,8-11H2. The molecule has 19 heavy (non-hydrogen) atoms. The minimum Gasteiger partial charge on any atom is -0.384 e. The van der Waals surface area contributed by atoms with Gasteiger partial charge in [0, 0.05) is 30.9 Å². The maximum Gasteiger partial charge on any atom is 0.253 e. The van der Waals surface area contributed by atoms with Gasteiger partial charge in [-0.3, -0.25) is 4.79 Å². The van der Waals surface area contributed by atoms with Crippen LogP contribution in [0.15, 0.2) is 18.2 Å². The van der Waals surface area contributed by atoms with E-state index < -0.39 is 0 Å². The summed E-state index contributed by atoms with van der Waals surface area (Å²) < 4.78 is 0. The predicted molar refractivity (Wildman–Crippen MR) is 77.6 cm³/mol. The summed E-state index contributed by atoms with van der Waals surface area (Å²) in [5.74, 6) is 0.207. The SMILES string of the molecule is O=C(c1ccc2c(c1)NCC2)N1CCCCCCC1. The molecule has 0 bridgehead atoms. The molecule has 3 nitrogen and oxygen atoms in total. The molecule has 0 aromatic heterocycles. The van der Waals surface area contributed by atoms with Gasteiger partial charge in [-0.1, -0.05) is 25.3 Å². The number of amides is 1. The lowest BCUT2D eigenvalue weighted by atomic mass is 10.1. The molecule has 2 aliphatic heterocycles. The summed E-state index contributed by atoms with van der Waals surface area (Å²) in [6, 6.07) is 6.13. The summed E-state index contributed by atoms with van der Waals surface area (Å²) in [7, 11) is 0. The van der Waals surface area contributed by atoms with E-state index in [0.717, 1.165) is 50.1 Å². The van der Waals surface area contributed by atoms with Crippen molar-refractivity contribution in [2.75, 3.05) is 25.0 Å². The fourth-order valence-electron chi connectivity index (χ4n) is 3.06. The highest BCUT2D eigenvalue weighted by Gasteiger charge is 2.19. The second-order valence-corrected chi connectivity index (χ2v) is 5.61. The number of carbonyl (C=O) groups is 1. The first-order valence-electron chi connectivity index (χ1n) is 7.51. The van der Waals surface area contributed by atoms with Crippen molar-refractivity contribution in [3.05, 3.63) is 29.3 Å². The fraction of sp³-hybridized carbons (Fsp3) is 0.562. The van der Waals surface area contributed by atoms with Crippen LogP contribution in [0.5, 0.6) is 0 Å². The van der Waals surface area contributed by atoms with Gasteiger partial charge in [-0.05, 0) is 37.0 Å². The number of hydrogen-bond donors (Lipinski definition) is 1. The van der Waals surface area contributed by atoms with E-state index >= 15 is 0 Å². The monoisotopic (exact) mass is 258 g/mol. The molecule has 0 aliphatic carbocycles. The molecule has 0 atom stereocenters. The normalized spacial score (nSPS) is 19.3. The first-order valence-corrected chi connectivity index (χ1v) is 7.51. The summed E-state index contributed by atoms with van der Waals surface area (Å²) in [5.41, 5.74) is 3.33. The van der Waals surface area contributed by atoms with Crippen LogP contribution in [0, 0.1) is 0 Å². The average molecular weight is 258 g/mol. The quantitative estimate of drug-likeness (QED) is 0.839. The Morgan fingerprint density at radius 1 is 1.05 bits per heavy atom.